The fourth-order valence-corrected chi connectivity index (χ4v) is 4.20. The molecular weight excluding hydrogens is 341 g/mol. The lowest BCUT2D eigenvalue weighted by Crippen LogP contribution is -2.35. The summed E-state index contributed by atoms with van der Waals surface area (Å²) in [4.78, 5) is 3.18. The number of aryl methyl sites for hydroxylation is 2. The molecule has 0 spiro atoms. The first-order valence-corrected chi connectivity index (χ1v) is 8.52. The molecule has 0 saturated heterocycles. The third-order valence-corrected chi connectivity index (χ3v) is 5.40. The van der Waals surface area contributed by atoms with Gasteiger partial charge in [-0.25, -0.2) is 13.2 Å². The Morgan fingerprint density at radius 1 is 0.962 bits per heavy atom. The predicted octanol–water partition coefficient (Wildman–Crippen LogP) is 3.15. The minimum Gasteiger partial charge on any atom is -0.364 e. The van der Waals surface area contributed by atoms with E-state index in [1.54, 1.807) is 6.20 Å². The first-order valence-electron chi connectivity index (χ1n) is 8.52. The van der Waals surface area contributed by atoms with E-state index in [1.165, 1.54) is 0 Å². The predicted molar refractivity (Wildman–Crippen MR) is 88.2 cm³/mol. The summed E-state index contributed by atoms with van der Waals surface area (Å²) in [7, 11) is 0. The van der Waals surface area contributed by atoms with Gasteiger partial charge in [-0.1, -0.05) is 0 Å². The van der Waals surface area contributed by atoms with E-state index in [-0.39, 0.29) is 18.2 Å². The van der Waals surface area contributed by atoms with E-state index in [0.29, 0.717) is 5.69 Å². The highest BCUT2D eigenvalue weighted by atomic mass is 19.2. The average Bonchev–Trinajstić information content (AvgIpc) is 3.01. The summed E-state index contributed by atoms with van der Waals surface area (Å²) < 4.78 is 42.5. The molecule has 0 fully saturated rings. The standard InChI is InChI=1S/C19H15F3N4/c20-12-3-4-13(21)16(22)15(12)11-8-24-19-14-10(7-23-18(11)14)2-1-9-5-6-25-26-17(9)19/h3-7,11,19,23-24H,1-2,8H2. The monoisotopic (exact) mass is 356 g/mol. The van der Waals surface area contributed by atoms with Crippen LogP contribution in [0.15, 0.2) is 30.6 Å². The highest BCUT2D eigenvalue weighted by molar-refractivity contribution is 5.49. The summed E-state index contributed by atoms with van der Waals surface area (Å²) in [6.07, 6.45) is 5.17. The minimum absolute atomic E-state index is 0.187. The number of nitrogens with one attached hydrogen (secondary N) is 2. The summed E-state index contributed by atoms with van der Waals surface area (Å²) in [5.74, 6) is -3.56. The van der Waals surface area contributed by atoms with E-state index in [4.69, 9.17) is 0 Å². The van der Waals surface area contributed by atoms with Gasteiger partial charge in [-0.3, -0.25) is 0 Å². The quantitative estimate of drug-likeness (QED) is 0.659. The second-order valence-electron chi connectivity index (χ2n) is 6.73. The molecule has 1 aliphatic heterocycles. The minimum atomic E-state index is -1.13. The van der Waals surface area contributed by atoms with Crippen molar-refractivity contribution in [2.75, 3.05) is 6.54 Å². The topological polar surface area (TPSA) is 53.6 Å². The van der Waals surface area contributed by atoms with Crippen LogP contribution in [0, 0.1) is 17.5 Å². The van der Waals surface area contributed by atoms with Crippen LogP contribution in [0.2, 0.25) is 0 Å². The van der Waals surface area contributed by atoms with Gasteiger partial charge < -0.3 is 10.3 Å². The lowest BCUT2D eigenvalue weighted by molar-refractivity contribution is 0.447. The summed E-state index contributed by atoms with van der Waals surface area (Å²) in [5, 5.41) is 11.6. The number of benzene rings is 1. The van der Waals surface area contributed by atoms with Crippen molar-refractivity contribution in [1.82, 2.24) is 20.5 Å². The van der Waals surface area contributed by atoms with E-state index in [9.17, 15) is 13.2 Å². The van der Waals surface area contributed by atoms with Crippen LogP contribution < -0.4 is 5.32 Å². The highest BCUT2D eigenvalue weighted by Crippen LogP contribution is 2.42. The van der Waals surface area contributed by atoms with Crippen LogP contribution in [0.4, 0.5) is 13.2 Å². The van der Waals surface area contributed by atoms with Crippen molar-refractivity contribution < 1.29 is 13.2 Å². The number of rotatable bonds is 1. The largest absolute Gasteiger partial charge is 0.364 e. The zero-order valence-electron chi connectivity index (χ0n) is 13.7. The Morgan fingerprint density at radius 2 is 1.77 bits per heavy atom. The van der Waals surface area contributed by atoms with Gasteiger partial charge in [0.15, 0.2) is 11.6 Å². The Balaban J connectivity index is 1.69. The molecule has 0 saturated carbocycles. The maximum atomic E-state index is 14.4. The molecule has 5 rings (SSSR count). The van der Waals surface area contributed by atoms with Crippen LogP contribution in [0.5, 0.6) is 0 Å². The third-order valence-electron chi connectivity index (χ3n) is 5.40. The lowest BCUT2D eigenvalue weighted by Gasteiger charge is -2.31. The van der Waals surface area contributed by atoms with Crippen LogP contribution >= 0.6 is 0 Å². The van der Waals surface area contributed by atoms with Crippen LogP contribution in [-0.2, 0) is 12.8 Å². The van der Waals surface area contributed by atoms with Gasteiger partial charge in [0.05, 0.1) is 11.7 Å². The number of nitrogens with zero attached hydrogens (tertiary/aromatic N) is 2. The fraction of sp³-hybridized carbons (Fsp3) is 0.263. The molecule has 1 aliphatic carbocycles. The van der Waals surface area contributed by atoms with E-state index in [0.717, 1.165) is 47.4 Å². The van der Waals surface area contributed by atoms with Crippen molar-refractivity contribution in [2.24, 2.45) is 0 Å². The SMILES string of the molecule is Fc1ccc(F)c(C2CNC3c4nnccc4CCc4c[nH]c2c43)c1F. The average molecular weight is 356 g/mol. The number of fused-ring (bicyclic) bond motifs is 2. The number of halogens is 3. The van der Waals surface area contributed by atoms with E-state index >= 15 is 0 Å². The normalized spacial score (nSPS) is 21.0. The molecule has 7 heteroatoms. The zero-order valence-corrected chi connectivity index (χ0v) is 13.7. The Bertz CT molecular complexity index is 1010. The fourth-order valence-electron chi connectivity index (χ4n) is 4.20. The number of aromatic amines is 1. The Hall–Kier alpha value is -2.67. The Morgan fingerprint density at radius 3 is 2.65 bits per heavy atom. The molecular formula is C19H15F3N4. The molecule has 2 atom stereocenters. The first-order chi connectivity index (χ1) is 12.6. The molecule has 0 bridgehead atoms. The number of hydrogen-bond donors (Lipinski definition) is 2. The van der Waals surface area contributed by atoms with Gasteiger partial charge in [0.1, 0.15) is 5.82 Å². The summed E-state index contributed by atoms with van der Waals surface area (Å²) >= 11 is 0. The van der Waals surface area contributed by atoms with Gasteiger partial charge in [0.2, 0.25) is 0 Å². The molecule has 0 radical (unpaired) electrons. The third kappa shape index (κ3) is 2.13. The number of H-pyrrole nitrogens is 1. The first kappa shape index (κ1) is 15.6. The van der Waals surface area contributed by atoms with Gasteiger partial charge in [-0.15, -0.1) is 0 Å². The van der Waals surface area contributed by atoms with Gasteiger partial charge in [0.25, 0.3) is 0 Å². The van der Waals surface area contributed by atoms with Crippen LogP contribution in [0.1, 0.15) is 45.6 Å². The van der Waals surface area contributed by atoms with Crippen molar-refractivity contribution in [1.29, 1.82) is 0 Å². The van der Waals surface area contributed by atoms with Crippen molar-refractivity contribution in [2.45, 2.75) is 24.8 Å². The molecule has 0 amide bonds. The molecule has 2 aromatic heterocycles. The van der Waals surface area contributed by atoms with Crippen LogP contribution in [0.25, 0.3) is 0 Å². The lowest BCUT2D eigenvalue weighted by atomic mass is 9.84. The molecule has 4 nitrogen and oxygen atoms in total. The van der Waals surface area contributed by atoms with Gasteiger partial charge in [0, 0.05) is 36.1 Å². The van der Waals surface area contributed by atoms with Crippen LogP contribution in [0.3, 0.4) is 0 Å². The van der Waals surface area contributed by atoms with Crippen LogP contribution in [-0.4, -0.2) is 21.7 Å². The van der Waals surface area contributed by atoms with Crippen molar-refractivity contribution in [3.05, 3.63) is 81.7 Å². The number of hydrogen-bond acceptors (Lipinski definition) is 3. The molecule has 3 heterocycles. The molecule has 3 aromatic rings. The smallest absolute Gasteiger partial charge is 0.165 e. The summed E-state index contributed by atoms with van der Waals surface area (Å²) in [6.45, 7) is 0.269. The molecule has 26 heavy (non-hydrogen) atoms. The second-order valence-corrected chi connectivity index (χ2v) is 6.73. The zero-order chi connectivity index (χ0) is 17.8. The van der Waals surface area contributed by atoms with E-state index < -0.39 is 23.4 Å². The molecule has 132 valence electrons. The van der Waals surface area contributed by atoms with Crippen molar-refractivity contribution in [3.63, 3.8) is 0 Å². The molecule has 2 aliphatic rings. The Kier molecular flexibility index (Phi) is 3.40. The molecule has 1 aromatic carbocycles. The van der Waals surface area contributed by atoms with Crippen molar-refractivity contribution >= 4 is 0 Å². The summed E-state index contributed by atoms with van der Waals surface area (Å²) in [6, 6.07) is 3.56. The second kappa shape index (κ2) is 5.67. The highest BCUT2D eigenvalue weighted by Gasteiger charge is 2.38. The number of aromatic nitrogens is 3. The van der Waals surface area contributed by atoms with E-state index in [1.807, 2.05) is 12.3 Å². The Labute approximate surface area is 147 Å². The summed E-state index contributed by atoms with van der Waals surface area (Å²) in [5.41, 5.74) is 4.45. The molecule has 2 N–H and O–H groups in total. The van der Waals surface area contributed by atoms with Gasteiger partial charge >= 0.3 is 0 Å². The van der Waals surface area contributed by atoms with Gasteiger partial charge in [-0.2, -0.15) is 10.2 Å². The van der Waals surface area contributed by atoms with Gasteiger partial charge in [-0.05, 0) is 47.7 Å². The maximum Gasteiger partial charge on any atom is 0.165 e. The maximum absolute atomic E-state index is 14.4. The van der Waals surface area contributed by atoms with Crippen molar-refractivity contribution in [3.8, 4) is 0 Å². The molecule has 2 unspecified atom stereocenters. The van der Waals surface area contributed by atoms with E-state index in [2.05, 4.69) is 20.5 Å².